The van der Waals surface area contributed by atoms with E-state index in [0.717, 1.165) is 11.6 Å². The molecule has 1 fully saturated rings. The maximum absolute atomic E-state index is 5.36. The summed E-state index contributed by atoms with van der Waals surface area (Å²) in [7, 11) is 0. The molecule has 1 saturated carbocycles. The molecule has 0 heterocycles. The van der Waals surface area contributed by atoms with E-state index < -0.39 is 0 Å². The molecule has 2 N–H and O–H groups in total. The summed E-state index contributed by atoms with van der Waals surface area (Å²) >= 11 is 0. The summed E-state index contributed by atoms with van der Waals surface area (Å²) < 4.78 is 0. The van der Waals surface area contributed by atoms with E-state index in [1.54, 1.807) is 0 Å². The van der Waals surface area contributed by atoms with Gasteiger partial charge in [0.15, 0.2) is 0 Å². The zero-order chi connectivity index (χ0) is 12.6. The van der Waals surface area contributed by atoms with Crippen molar-refractivity contribution in [3.05, 3.63) is 66.2 Å². The van der Waals surface area contributed by atoms with Gasteiger partial charge in [-0.15, -0.1) is 0 Å². The SMILES string of the molecule is Nc1ccccc1.c1ccc(CCC2CC2)cc1. The number of benzene rings is 2. The zero-order valence-electron chi connectivity index (χ0n) is 10.8. The number of para-hydroxylation sites is 1. The summed E-state index contributed by atoms with van der Waals surface area (Å²) in [5, 5.41) is 0. The molecule has 0 spiro atoms. The van der Waals surface area contributed by atoms with Crippen LogP contribution >= 0.6 is 0 Å². The maximum Gasteiger partial charge on any atom is 0.0313 e. The number of anilines is 1. The molecule has 1 nitrogen and oxygen atoms in total. The molecule has 18 heavy (non-hydrogen) atoms. The van der Waals surface area contributed by atoms with Crippen LogP contribution in [0.15, 0.2) is 60.7 Å². The Kier molecular flexibility index (Phi) is 4.83. The lowest BCUT2D eigenvalue weighted by Crippen LogP contribution is -1.84. The summed E-state index contributed by atoms with van der Waals surface area (Å²) in [6, 6.07) is 20.3. The van der Waals surface area contributed by atoms with Crippen molar-refractivity contribution in [1.29, 1.82) is 0 Å². The van der Waals surface area contributed by atoms with Gasteiger partial charge in [-0.3, -0.25) is 0 Å². The van der Waals surface area contributed by atoms with Crippen molar-refractivity contribution in [1.82, 2.24) is 0 Å². The van der Waals surface area contributed by atoms with Gasteiger partial charge in [0.2, 0.25) is 0 Å². The van der Waals surface area contributed by atoms with Gasteiger partial charge >= 0.3 is 0 Å². The molecule has 0 aliphatic heterocycles. The van der Waals surface area contributed by atoms with Gasteiger partial charge in [0.25, 0.3) is 0 Å². The molecule has 1 aliphatic rings. The minimum Gasteiger partial charge on any atom is -0.399 e. The van der Waals surface area contributed by atoms with Crippen molar-refractivity contribution < 1.29 is 0 Å². The van der Waals surface area contributed by atoms with Crippen LogP contribution in [0.5, 0.6) is 0 Å². The van der Waals surface area contributed by atoms with E-state index in [4.69, 9.17) is 5.73 Å². The van der Waals surface area contributed by atoms with Crippen LogP contribution in [-0.2, 0) is 6.42 Å². The molecule has 3 rings (SSSR count). The highest BCUT2D eigenvalue weighted by Gasteiger charge is 2.20. The topological polar surface area (TPSA) is 26.0 Å². The van der Waals surface area contributed by atoms with Crippen LogP contribution in [0.1, 0.15) is 24.8 Å². The number of nitrogens with two attached hydrogens (primary N) is 1. The van der Waals surface area contributed by atoms with Crippen LogP contribution in [0.2, 0.25) is 0 Å². The molecule has 2 aromatic carbocycles. The number of hydrogen-bond donors (Lipinski definition) is 1. The second kappa shape index (κ2) is 6.85. The molecule has 0 saturated heterocycles. The molecule has 1 aliphatic carbocycles. The fourth-order valence-electron chi connectivity index (χ4n) is 1.88. The van der Waals surface area contributed by atoms with E-state index in [1.165, 1.54) is 31.2 Å². The second-order valence-corrected chi connectivity index (χ2v) is 4.88. The summed E-state index contributed by atoms with van der Waals surface area (Å²) in [6.45, 7) is 0. The van der Waals surface area contributed by atoms with Crippen LogP contribution in [0.25, 0.3) is 0 Å². The van der Waals surface area contributed by atoms with E-state index in [9.17, 15) is 0 Å². The molecular weight excluding hydrogens is 218 g/mol. The van der Waals surface area contributed by atoms with Gasteiger partial charge in [-0.1, -0.05) is 61.4 Å². The quantitative estimate of drug-likeness (QED) is 0.794. The summed E-state index contributed by atoms with van der Waals surface area (Å²) in [5.74, 6) is 1.07. The van der Waals surface area contributed by atoms with Crippen LogP contribution in [0.4, 0.5) is 5.69 Å². The van der Waals surface area contributed by atoms with E-state index in [2.05, 4.69) is 30.3 Å². The zero-order valence-corrected chi connectivity index (χ0v) is 10.8. The number of nitrogen functional groups attached to an aromatic ring is 1. The number of rotatable bonds is 3. The van der Waals surface area contributed by atoms with E-state index in [0.29, 0.717) is 0 Å². The Morgan fingerprint density at radius 3 is 1.83 bits per heavy atom. The Balaban J connectivity index is 0.000000149. The second-order valence-electron chi connectivity index (χ2n) is 4.88. The largest absolute Gasteiger partial charge is 0.399 e. The molecule has 94 valence electrons. The molecule has 2 aromatic rings. The molecular formula is C17H21N. The third kappa shape index (κ3) is 5.05. The lowest BCUT2D eigenvalue weighted by Gasteiger charge is -1.97. The predicted molar refractivity (Wildman–Crippen MR) is 78.3 cm³/mol. The third-order valence-corrected chi connectivity index (χ3v) is 3.18. The normalized spacial score (nSPS) is 13.6. The van der Waals surface area contributed by atoms with Crippen LogP contribution in [0.3, 0.4) is 0 Å². The Hall–Kier alpha value is -1.76. The van der Waals surface area contributed by atoms with Gasteiger partial charge < -0.3 is 5.73 Å². The van der Waals surface area contributed by atoms with Gasteiger partial charge in [-0.05, 0) is 36.5 Å². The first-order valence-electron chi connectivity index (χ1n) is 6.69. The Labute approximate surface area is 110 Å². The summed E-state index contributed by atoms with van der Waals surface area (Å²) in [4.78, 5) is 0. The van der Waals surface area contributed by atoms with Crippen LogP contribution in [-0.4, -0.2) is 0 Å². The molecule has 0 bridgehead atoms. The van der Waals surface area contributed by atoms with E-state index in [-0.39, 0.29) is 0 Å². The molecule has 0 atom stereocenters. The van der Waals surface area contributed by atoms with Gasteiger partial charge in [-0.2, -0.15) is 0 Å². The Bertz CT molecular complexity index is 432. The fourth-order valence-corrected chi connectivity index (χ4v) is 1.88. The monoisotopic (exact) mass is 239 g/mol. The van der Waals surface area contributed by atoms with Gasteiger partial charge in [-0.25, -0.2) is 0 Å². The standard InChI is InChI=1S/C11H14.C6H7N/c1-2-4-10(5-3-1)6-7-11-8-9-11;7-6-4-2-1-3-5-6/h1-5,11H,6-9H2;1-5H,7H2. The summed E-state index contributed by atoms with van der Waals surface area (Å²) in [6.07, 6.45) is 5.65. The highest BCUT2D eigenvalue weighted by Crippen LogP contribution is 2.33. The van der Waals surface area contributed by atoms with Crippen molar-refractivity contribution in [3.8, 4) is 0 Å². The van der Waals surface area contributed by atoms with E-state index in [1.807, 2.05) is 30.3 Å². The molecule has 0 aromatic heterocycles. The maximum atomic E-state index is 5.36. The highest BCUT2D eigenvalue weighted by molar-refractivity contribution is 5.35. The average molecular weight is 239 g/mol. The van der Waals surface area contributed by atoms with Crippen LogP contribution in [0, 0.1) is 5.92 Å². The van der Waals surface area contributed by atoms with Gasteiger partial charge in [0.1, 0.15) is 0 Å². The molecule has 0 amide bonds. The lowest BCUT2D eigenvalue weighted by molar-refractivity contribution is 0.727. The van der Waals surface area contributed by atoms with Crippen molar-refractivity contribution >= 4 is 5.69 Å². The first-order valence-corrected chi connectivity index (χ1v) is 6.69. The predicted octanol–water partition coefficient (Wildman–Crippen LogP) is 4.30. The minimum absolute atomic E-state index is 0.822. The highest BCUT2D eigenvalue weighted by atomic mass is 14.5. The Morgan fingerprint density at radius 2 is 1.39 bits per heavy atom. The molecule has 0 radical (unpaired) electrons. The molecule has 0 unspecified atom stereocenters. The first kappa shape index (κ1) is 12.7. The van der Waals surface area contributed by atoms with Crippen molar-refractivity contribution in [2.24, 2.45) is 5.92 Å². The van der Waals surface area contributed by atoms with Crippen LogP contribution < -0.4 is 5.73 Å². The lowest BCUT2D eigenvalue weighted by atomic mass is 10.1. The van der Waals surface area contributed by atoms with Crippen molar-refractivity contribution in [2.75, 3.05) is 5.73 Å². The van der Waals surface area contributed by atoms with Gasteiger partial charge in [0.05, 0.1) is 0 Å². The Morgan fingerprint density at radius 1 is 0.833 bits per heavy atom. The van der Waals surface area contributed by atoms with Crippen molar-refractivity contribution in [2.45, 2.75) is 25.7 Å². The third-order valence-electron chi connectivity index (χ3n) is 3.18. The van der Waals surface area contributed by atoms with E-state index >= 15 is 0 Å². The molecule has 1 heteroatoms. The minimum atomic E-state index is 0.822. The average Bonchev–Trinajstić information content (AvgIpc) is 3.23. The smallest absolute Gasteiger partial charge is 0.0313 e. The van der Waals surface area contributed by atoms with Gasteiger partial charge in [0, 0.05) is 5.69 Å². The summed E-state index contributed by atoms with van der Waals surface area (Å²) in [5.41, 5.74) is 7.68. The number of aryl methyl sites for hydroxylation is 1. The first-order chi connectivity index (χ1) is 8.84. The van der Waals surface area contributed by atoms with Crippen molar-refractivity contribution in [3.63, 3.8) is 0 Å². The number of hydrogen-bond acceptors (Lipinski definition) is 1. The fraction of sp³-hybridized carbons (Fsp3) is 0.294.